The van der Waals surface area contributed by atoms with Crippen LogP contribution >= 0.6 is 0 Å². The van der Waals surface area contributed by atoms with E-state index in [4.69, 9.17) is 5.11 Å². The third-order valence-electron chi connectivity index (χ3n) is 2.50. The van der Waals surface area contributed by atoms with Crippen molar-refractivity contribution < 1.29 is 23.1 Å². The highest BCUT2D eigenvalue weighted by Gasteiger charge is 2.53. The largest absolute Gasteiger partial charge is 0.481 e. The molecule has 3 atom stereocenters. The molecule has 5 heteroatoms. The van der Waals surface area contributed by atoms with Gasteiger partial charge in [0.2, 0.25) is 0 Å². The van der Waals surface area contributed by atoms with E-state index < -0.39 is 30.4 Å². The van der Waals surface area contributed by atoms with Gasteiger partial charge in [0, 0.05) is 0 Å². The minimum absolute atomic E-state index is 0.0194. The van der Waals surface area contributed by atoms with Crippen LogP contribution in [0.3, 0.4) is 0 Å². The van der Waals surface area contributed by atoms with Gasteiger partial charge in [-0.15, -0.1) is 0 Å². The van der Waals surface area contributed by atoms with Gasteiger partial charge in [-0.1, -0.05) is 6.92 Å². The molecule has 0 spiro atoms. The number of hydrogen-bond donors (Lipinski definition) is 1. The summed E-state index contributed by atoms with van der Waals surface area (Å²) in [7, 11) is 0. The predicted molar refractivity (Wildman–Crippen MR) is 39.1 cm³/mol. The number of alkyl halides is 3. The number of carbonyl (C=O) groups is 1. The first-order chi connectivity index (χ1) is 5.82. The van der Waals surface area contributed by atoms with Gasteiger partial charge in [-0.25, -0.2) is 0 Å². The first-order valence-electron chi connectivity index (χ1n) is 4.11. The molecule has 1 aliphatic carbocycles. The second kappa shape index (κ2) is 3.20. The quantitative estimate of drug-likeness (QED) is 0.751. The average molecular weight is 196 g/mol. The van der Waals surface area contributed by atoms with Crippen LogP contribution in [0.25, 0.3) is 0 Å². The van der Waals surface area contributed by atoms with E-state index in [0.717, 1.165) is 0 Å². The molecule has 0 radical (unpaired) electrons. The molecule has 0 bridgehead atoms. The van der Waals surface area contributed by atoms with Crippen molar-refractivity contribution in [2.24, 2.45) is 17.8 Å². The summed E-state index contributed by atoms with van der Waals surface area (Å²) >= 11 is 0. The Labute approximate surface area is 73.7 Å². The first-order valence-corrected chi connectivity index (χ1v) is 4.11. The highest BCUT2D eigenvalue weighted by atomic mass is 19.4. The SMILES string of the molecule is CC1CC1C(CC(=O)O)C(F)(F)F. The second-order valence-corrected chi connectivity index (χ2v) is 3.62. The van der Waals surface area contributed by atoms with Crippen LogP contribution in [-0.4, -0.2) is 17.3 Å². The van der Waals surface area contributed by atoms with Gasteiger partial charge in [0.05, 0.1) is 12.3 Å². The lowest BCUT2D eigenvalue weighted by Gasteiger charge is -2.17. The zero-order chi connectivity index (χ0) is 10.2. The van der Waals surface area contributed by atoms with E-state index in [1.165, 1.54) is 0 Å². The Bertz CT molecular complexity index is 212. The van der Waals surface area contributed by atoms with E-state index in [1.54, 1.807) is 6.92 Å². The average Bonchev–Trinajstić information content (AvgIpc) is 2.59. The number of rotatable bonds is 3. The van der Waals surface area contributed by atoms with Crippen molar-refractivity contribution in [1.82, 2.24) is 0 Å². The van der Waals surface area contributed by atoms with E-state index in [9.17, 15) is 18.0 Å². The van der Waals surface area contributed by atoms with Gasteiger partial charge < -0.3 is 5.11 Å². The van der Waals surface area contributed by atoms with Gasteiger partial charge in [-0.05, 0) is 18.3 Å². The molecule has 3 unspecified atom stereocenters. The molecule has 1 saturated carbocycles. The maximum absolute atomic E-state index is 12.3. The van der Waals surface area contributed by atoms with Crippen molar-refractivity contribution in [3.63, 3.8) is 0 Å². The summed E-state index contributed by atoms with van der Waals surface area (Å²) in [5.41, 5.74) is 0. The molecule has 1 fully saturated rings. The lowest BCUT2D eigenvalue weighted by Crippen LogP contribution is -2.27. The summed E-state index contributed by atoms with van der Waals surface area (Å²) in [6.45, 7) is 1.71. The van der Waals surface area contributed by atoms with Crippen LogP contribution in [0.1, 0.15) is 19.8 Å². The smallest absolute Gasteiger partial charge is 0.392 e. The Hall–Kier alpha value is -0.740. The zero-order valence-corrected chi connectivity index (χ0v) is 7.14. The molecule has 0 amide bonds. The van der Waals surface area contributed by atoms with Crippen molar-refractivity contribution in [3.05, 3.63) is 0 Å². The Morgan fingerprint density at radius 2 is 2.08 bits per heavy atom. The Morgan fingerprint density at radius 1 is 1.62 bits per heavy atom. The normalized spacial score (nSPS) is 29.8. The molecule has 1 aliphatic rings. The van der Waals surface area contributed by atoms with Gasteiger partial charge in [-0.2, -0.15) is 13.2 Å². The van der Waals surface area contributed by atoms with Crippen LogP contribution < -0.4 is 0 Å². The van der Waals surface area contributed by atoms with Crippen LogP contribution in [0.5, 0.6) is 0 Å². The summed E-state index contributed by atoms with van der Waals surface area (Å²) in [4.78, 5) is 10.2. The highest BCUT2D eigenvalue weighted by Crippen LogP contribution is 2.51. The Kier molecular flexibility index (Phi) is 2.54. The van der Waals surface area contributed by atoms with Gasteiger partial charge in [0.1, 0.15) is 0 Å². The molecular formula is C8H11F3O2. The van der Waals surface area contributed by atoms with Crippen LogP contribution in [-0.2, 0) is 4.79 Å². The third kappa shape index (κ3) is 2.60. The molecule has 0 saturated heterocycles. The summed E-state index contributed by atoms with van der Waals surface area (Å²) in [6.07, 6.45) is -4.66. The third-order valence-corrected chi connectivity index (χ3v) is 2.50. The number of halogens is 3. The highest BCUT2D eigenvalue weighted by molar-refractivity contribution is 5.67. The maximum atomic E-state index is 12.3. The Morgan fingerprint density at radius 3 is 2.31 bits per heavy atom. The molecule has 0 aliphatic heterocycles. The summed E-state index contributed by atoms with van der Waals surface area (Å²) in [5.74, 6) is -3.48. The van der Waals surface area contributed by atoms with E-state index in [0.29, 0.717) is 6.42 Å². The Balaban J connectivity index is 2.60. The van der Waals surface area contributed by atoms with Gasteiger partial charge in [0.15, 0.2) is 0 Å². The zero-order valence-electron chi connectivity index (χ0n) is 7.14. The fraction of sp³-hybridized carbons (Fsp3) is 0.875. The van der Waals surface area contributed by atoms with Crippen molar-refractivity contribution in [3.8, 4) is 0 Å². The summed E-state index contributed by atoms with van der Waals surface area (Å²) in [5, 5.41) is 8.31. The molecule has 0 heterocycles. The fourth-order valence-corrected chi connectivity index (χ4v) is 1.61. The van der Waals surface area contributed by atoms with Crippen LogP contribution in [0.2, 0.25) is 0 Å². The first kappa shape index (κ1) is 10.3. The predicted octanol–water partition coefficient (Wildman–Crippen LogP) is 2.30. The van der Waals surface area contributed by atoms with Crippen LogP contribution in [0.15, 0.2) is 0 Å². The number of hydrogen-bond acceptors (Lipinski definition) is 1. The van der Waals surface area contributed by atoms with Gasteiger partial charge in [0.25, 0.3) is 0 Å². The molecular weight excluding hydrogens is 185 g/mol. The number of carboxylic acid groups (broad SMARTS) is 1. The van der Waals surface area contributed by atoms with Crippen molar-refractivity contribution in [2.45, 2.75) is 25.9 Å². The molecule has 1 N–H and O–H groups in total. The lowest BCUT2D eigenvalue weighted by molar-refractivity contribution is -0.188. The lowest BCUT2D eigenvalue weighted by atomic mass is 9.98. The van der Waals surface area contributed by atoms with E-state index in [-0.39, 0.29) is 5.92 Å². The molecule has 2 nitrogen and oxygen atoms in total. The topological polar surface area (TPSA) is 37.3 Å². The van der Waals surface area contributed by atoms with Crippen molar-refractivity contribution in [1.29, 1.82) is 0 Å². The minimum atomic E-state index is -4.37. The molecule has 76 valence electrons. The fourth-order valence-electron chi connectivity index (χ4n) is 1.61. The number of carboxylic acids is 1. The van der Waals surface area contributed by atoms with Crippen molar-refractivity contribution in [2.75, 3.05) is 0 Å². The van der Waals surface area contributed by atoms with Crippen molar-refractivity contribution >= 4 is 5.97 Å². The standard InChI is InChI=1S/C8H11F3O2/c1-4-2-5(4)6(3-7(12)13)8(9,10)11/h4-6H,2-3H2,1H3,(H,12,13). The monoisotopic (exact) mass is 196 g/mol. The molecule has 13 heavy (non-hydrogen) atoms. The van der Waals surface area contributed by atoms with Gasteiger partial charge in [-0.3, -0.25) is 4.79 Å². The summed E-state index contributed by atoms with van der Waals surface area (Å²) in [6, 6.07) is 0. The van der Waals surface area contributed by atoms with E-state index >= 15 is 0 Å². The maximum Gasteiger partial charge on any atom is 0.392 e. The molecule has 1 rings (SSSR count). The molecule has 0 aromatic heterocycles. The molecule has 0 aromatic rings. The van der Waals surface area contributed by atoms with Gasteiger partial charge >= 0.3 is 12.1 Å². The summed E-state index contributed by atoms with van der Waals surface area (Å²) < 4.78 is 36.8. The van der Waals surface area contributed by atoms with E-state index in [1.807, 2.05) is 0 Å². The minimum Gasteiger partial charge on any atom is -0.481 e. The number of aliphatic carboxylic acids is 1. The van der Waals surface area contributed by atoms with Crippen LogP contribution in [0, 0.1) is 17.8 Å². The second-order valence-electron chi connectivity index (χ2n) is 3.62. The van der Waals surface area contributed by atoms with Crippen LogP contribution in [0.4, 0.5) is 13.2 Å². The molecule has 0 aromatic carbocycles. The van der Waals surface area contributed by atoms with E-state index in [2.05, 4.69) is 0 Å².